The summed E-state index contributed by atoms with van der Waals surface area (Å²) < 4.78 is 17.5. The quantitative estimate of drug-likeness (QED) is 0.724. The monoisotopic (exact) mass is 396 g/mol. The minimum atomic E-state index is -1.15. The summed E-state index contributed by atoms with van der Waals surface area (Å²) in [6.45, 7) is 0.688. The van der Waals surface area contributed by atoms with Crippen LogP contribution in [0.5, 0.6) is 0 Å². The highest BCUT2D eigenvalue weighted by Crippen LogP contribution is 2.30. The van der Waals surface area contributed by atoms with Crippen LogP contribution in [0, 0.1) is 0 Å². The lowest BCUT2D eigenvalue weighted by Crippen LogP contribution is -2.57. The van der Waals surface area contributed by atoms with E-state index in [0.29, 0.717) is 13.2 Å². The van der Waals surface area contributed by atoms with Crippen molar-refractivity contribution < 1.29 is 19.3 Å². The molecule has 6 heteroatoms. The van der Waals surface area contributed by atoms with Crippen LogP contribution in [0.3, 0.4) is 0 Å². The van der Waals surface area contributed by atoms with Gasteiger partial charge in [0.1, 0.15) is 12.2 Å². The fourth-order valence-corrected chi connectivity index (χ4v) is 3.63. The van der Waals surface area contributed by atoms with Gasteiger partial charge in [-0.05, 0) is 11.1 Å². The molecule has 3 rings (SSSR count). The maximum atomic E-state index is 10.4. The number of halogens is 2. The molecule has 0 spiro atoms. The molecule has 0 aliphatic carbocycles. The van der Waals surface area contributed by atoms with Crippen molar-refractivity contribution in [2.24, 2.45) is 0 Å². The molecule has 0 unspecified atom stereocenters. The van der Waals surface area contributed by atoms with Crippen molar-refractivity contribution in [1.29, 1.82) is 0 Å². The molecule has 26 heavy (non-hydrogen) atoms. The Kier molecular flexibility index (Phi) is 7.32. The zero-order valence-corrected chi connectivity index (χ0v) is 15.7. The standard InChI is InChI=1S/C20H22Cl2O4/c21-11-16-17(22)18(24-12-14-7-3-1-4-8-14)19(20(23)26-16)25-13-15-9-5-2-6-10-15/h1-10,16-20,23H,11-13H2/t16-,17+,18+,19-,20+/m1/s1. The summed E-state index contributed by atoms with van der Waals surface area (Å²) >= 11 is 12.5. The fourth-order valence-electron chi connectivity index (χ4n) is 2.91. The van der Waals surface area contributed by atoms with Crippen LogP contribution in [0.25, 0.3) is 0 Å². The SMILES string of the molecule is O[C@H]1O[C@H](CCl)[C@H](Cl)[C@H](OCc2ccccc2)[C@H]1OCc1ccccc1. The molecule has 1 N–H and O–H groups in total. The molecule has 1 aliphatic rings. The van der Waals surface area contributed by atoms with Crippen LogP contribution in [-0.4, -0.2) is 41.0 Å². The van der Waals surface area contributed by atoms with Gasteiger partial charge in [0.2, 0.25) is 0 Å². The molecular weight excluding hydrogens is 375 g/mol. The van der Waals surface area contributed by atoms with E-state index in [1.165, 1.54) is 0 Å². The molecule has 5 atom stereocenters. The molecule has 0 radical (unpaired) electrons. The van der Waals surface area contributed by atoms with Gasteiger partial charge >= 0.3 is 0 Å². The van der Waals surface area contributed by atoms with Crippen molar-refractivity contribution in [2.75, 3.05) is 5.88 Å². The molecule has 0 saturated carbocycles. The average molecular weight is 397 g/mol. The Balaban J connectivity index is 1.69. The molecule has 1 fully saturated rings. The number of hydrogen-bond donors (Lipinski definition) is 1. The van der Waals surface area contributed by atoms with E-state index in [2.05, 4.69) is 0 Å². The summed E-state index contributed by atoms with van der Waals surface area (Å²) in [5.74, 6) is 0.168. The van der Waals surface area contributed by atoms with Gasteiger partial charge in [0, 0.05) is 0 Å². The van der Waals surface area contributed by atoms with Crippen LogP contribution in [0.1, 0.15) is 11.1 Å². The van der Waals surface area contributed by atoms with E-state index in [-0.39, 0.29) is 5.88 Å². The lowest BCUT2D eigenvalue weighted by molar-refractivity contribution is -0.265. The number of rotatable bonds is 7. The Hall–Kier alpha value is -1.14. The van der Waals surface area contributed by atoms with Crippen LogP contribution >= 0.6 is 23.2 Å². The van der Waals surface area contributed by atoms with Crippen molar-refractivity contribution in [3.05, 3.63) is 71.8 Å². The Morgan fingerprint density at radius 1 is 0.846 bits per heavy atom. The van der Waals surface area contributed by atoms with Gasteiger partial charge in [-0.3, -0.25) is 0 Å². The summed E-state index contributed by atoms with van der Waals surface area (Å²) in [5, 5.41) is 9.86. The van der Waals surface area contributed by atoms with Crippen LogP contribution in [-0.2, 0) is 27.4 Å². The number of benzene rings is 2. The van der Waals surface area contributed by atoms with Gasteiger partial charge in [-0.15, -0.1) is 23.2 Å². The Bertz CT molecular complexity index is 655. The third kappa shape index (κ3) is 4.97. The molecule has 0 bridgehead atoms. The minimum Gasteiger partial charge on any atom is -0.369 e. The number of hydrogen-bond acceptors (Lipinski definition) is 4. The minimum absolute atomic E-state index is 0.168. The van der Waals surface area contributed by atoms with Crippen LogP contribution < -0.4 is 0 Å². The lowest BCUT2D eigenvalue weighted by atomic mass is 10.0. The molecular formula is C20H22Cl2O4. The molecule has 4 nitrogen and oxygen atoms in total. The van der Waals surface area contributed by atoms with E-state index in [1.807, 2.05) is 60.7 Å². The molecule has 1 heterocycles. The predicted octanol–water partition coefficient (Wildman–Crippen LogP) is 3.72. The van der Waals surface area contributed by atoms with Crippen molar-refractivity contribution in [2.45, 2.75) is 43.2 Å². The van der Waals surface area contributed by atoms with Crippen molar-refractivity contribution in [1.82, 2.24) is 0 Å². The molecule has 1 saturated heterocycles. The molecule has 0 aromatic heterocycles. The number of ether oxygens (including phenoxy) is 3. The lowest BCUT2D eigenvalue weighted by Gasteiger charge is -2.41. The van der Waals surface area contributed by atoms with Crippen molar-refractivity contribution in [3.8, 4) is 0 Å². The van der Waals surface area contributed by atoms with Gasteiger partial charge in [-0.2, -0.15) is 0 Å². The van der Waals surface area contributed by atoms with Gasteiger partial charge in [0.25, 0.3) is 0 Å². The van der Waals surface area contributed by atoms with Gasteiger partial charge in [-0.1, -0.05) is 60.7 Å². The smallest absolute Gasteiger partial charge is 0.184 e. The summed E-state index contributed by atoms with van der Waals surface area (Å²) in [6, 6.07) is 19.5. The van der Waals surface area contributed by atoms with Crippen LogP contribution in [0.2, 0.25) is 0 Å². The molecule has 1 aliphatic heterocycles. The first-order valence-electron chi connectivity index (χ1n) is 8.53. The highest BCUT2D eigenvalue weighted by atomic mass is 35.5. The van der Waals surface area contributed by atoms with Crippen molar-refractivity contribution in [3.63, 3.8) is 0 Å². The molecule has 2 aromatic carbocycles. The number of aliphatic hydroxyl groups excluding tert-OH is 1. The third-order valence-corrected chi connectivity index (χ3v) is 5.14. The van der Waals surface area contributed by atoms with Crippen LogP contribution in [0.4, 0.5) is 0 Å². The van der Waals surface area contributed by atoms with E-state index in [4.69, 9.17) is 37.4 Å². The Labute approximate surface area is 163 Å². The maximum Gasteiger partial charge on any atom is 0.184 e. The van der Waals surface area contributed by atoms with Crippen molar-refractivity contribution >= 4 is 23.2 Å². The summed E-state index contributed by atoms with van der Waals surface area (Å²) in [6.07, 6.45) is -2.92. The first-order valence-corrected chi connectivity index (χ1v) is 9.50. The number of alkyl halides is 2. The largest absolute Gasteiger partial charge is 0.369 e. The zero-order chi connectivity index (χ0) is 18.4. The van der Waals surface area contributed by atoms with E-state index in [0.717, 1.165) is 11.1 Å². The summed E-state index contributed by atoms with van der Waals surface area (Å²) in [5.41, 5.74) is 2.01. The second kappa shape index (κ2) is 9.70. The summed E-state index contributed by atoms with van der Waals surface area (Å²) in [7, 11) is 0. The maximum absolute atomic E-state index is 10.4. The summed E-state index contributed by atoms with van der Waals surface area (Å²) in [4.78, 5) is 0. The fraction of sp³-hybridized carbons (Fsp3) is 0.400. The van der Waals surface area contributed by atoms with Gasteiger partial charge in [0.05, 0.1) is 30.6 Å². The second-order valence-corrected chi connectivity index (χ2v) is 7.00. The normalized spacial score (nSPS) is 28.8. The first-order chi connectivity index (χ1) is 12.7. The van der Waals surface area contributed by atoms with Crippen LogP contribution in [0.15, 0.2) is 60.7 Å². The Morgan fingerprint density at radius 2 is 1.35 bits per heavy atom. The highest BCUT2D eigenvalue weighted by Gasteiger charge is 2.45. The third-order valence-electron chi connectivity index (χ3n) is 4.31. The zero-order valence-electron chi connectivity index (χ0n) is 14.2. The highest BCUT2D eigenvalue weighted by molar-refractivity contribution is 6.23. The van der Waals surface area contributed by atoms with Gasteiger partial charge in [0.15, 0.2) is 6.29 Å². The average Bonchev–Trinajstić information content (AvgIpc) is 2.69. The molecule has 0 amide bonds. The number of aliphatic hydroxyl groups is 1. The predicted molar refractivity (Wildman–Crippen MR) is 101 cm³/mol. The van der Waals surface area contributed by atoms with E-state index >= 15 is 0 Å². The van der Waals surface area contributed by atoms with Gasteiger partial charge < -0.3 is 19.3 Å². The van der Waals surface area contributed by atoms with E-state index < -0.39 is 30.0 Å². The Morgan fingerprint density at radius 3 is 1.85 bits per heavy atom. The molecule has 2 aromatic rings. The molecule has 140 valence electrons. The topological polar surface area (TPSA) is 47.9 Å². The van der Waals surface area contributed by atoms with Gasteiger partial charge in [-0.25, -0.2) is 0 Å². The van der Waals surface area contributed by atoms with E-state index in [9.17, 15) is 5.11 Å². The van der Waals surface area contributed by atoms with E-state index in [1.54, 1.807) is 0 Å². The second-order valence-electron chi connectivity index (χ2n) is 6.19. The first kappa shape index (κ1) is 19.6.